The van der Waals surface area contributed by atoms with E-state index in [4.69, 9.17) is 0 Å². The van der Waals surface area contributed by atoms with Crippen LogP contribution in [0.5, 0.6) is 0 Å². The molecule has 0 saturated heterocycles. The van der Waals surface area contributed by atoms with Crippen LogP contribution in [0, 0.1) is 12.7 Å². The van der Waals surface area contributed by atoms with Crippen LogP contribution in [-0.2, 0) is 0 Å². The molecule has 0 bridgehead atoms. The summed E-state index contributed by atoms with van der Waals surface area (Å²) >= 11 is 3.27. The lowest BCUT2D eigenvalue weighted by Gasteiger charge is -2.15. The van der Waals surface area contributed by atoms with E-state index < -0.39 is 0 Å². The monoisotopic (exact) mass is 336 g/mol. The third kappa shape index (κ3) is 3.42. The van der Waals surface area contributed by atoms with Crippen molar-refractivity contribution in [1.82, 2.24) is 10.3 Å². The van der Waals surface area contributed by atoms with Crippen molar-refractivity contribution in [2.75, 3.05) is 0 Å². The number of carbonyl (C=O) groups is 1. The van der Waals surface area contributed by atoms with E-state index in [1.165, 1.54) is 12.3 Å². The van der Waals surface area contributed by atoms with Crippen molar-refractivity contribution in [3.63, 3.8) is 0 Å². The smallest absolute Gasteiger partial charge is 0.253 e. The van der Waals surface area contributed by atoms with Crippen molar-refractivity contribution in [1.29, 1.82) is 0 Å². The SMILES string of the molecule is Cc1ccc(C(C)NC(=O)c2cncc(Br)c2)cc1F. The van der Waals surface area contributed by atoms with Gasteiger partial charge in [-0.3, -0.25) is 9.78 Å². The molecule has 1 N–H and O–H groups in total. The van der Waals surface area contributed by atoms with Gasteiger partial charge in [0, 0.05) is 16.9 Å². The molecule has 0 aliphatic heterocycles. The Balaban J connectivity index is 2.13. The standard InChI is InChI=1S/C15H14BrFN2O/c1-9-3-4-11(6-14(9)17)10(2)19-15(20)12-5-13(16)8-18-7-12/h3-8,10H,1-2H3,(H,19,20). The average Bonchev–Trinajstić information content (AvgIpc) is 2.41. The number of aromatic nitrogens is 1. The molecule has 3 nitrogen and oxygen atoms in total. The Kier molecular flexibility index (Phi) is 4.49. The summed E-state index contributed by atoms with van der Waals surface area (Å²) in [5, 5.41) is 2.82. The first kappa shape index (κ1) is 14.7. The highest BCUT2D eigenvalue weighted by Crippen LogP contribution is 2.17. The fourth-order valence-corrected chi connectivity index (χ4v) is 2.14. The first-order valence-electron chi connectivity index (χ1n) is 6.15. The summed E-state index contributed by atoms with van der Waals surface area (Å²) < 4.78 is 14.3. The van der Waals surface area contributed by atoms with Crippen molar-refractivity contribution in [2.24, 2.45) is 0 Å². The number of benzene rings is 1. The lowest BCUT2D eigenvalue weighted by Crippen LogP contribution is -2.26. The predicted molar refractivity (Wildman–Crippen MR) is 79.0 cm³/mol. The Hall–Kier alpha value is -1.75. The third-order valence-corrected chi connectivity index (χ3v) is 3.44. The molecule has 0 aliphatic rings. The molecule has 1 unspecified atom stereocenters. The van der Waals surface area contributed by atoms with Gasteiger partial charge < -0.3 is 5.32 Å². The van der Waals surface area contributed by atoms with E-state index in [1.54, 1.807) is 25.3 Å². The summed E-state index contributed by atoms with van der Waals surface area (Å²) in [4.78, 5) is 16.0. The number of nitrogens with zero attached hydrogens (tertiary/aromatic N) is 1. The largest absolute Gasteiger partial charge is 0.345 e. The first-order valence-corrected chi connectivity index (χ1v) is 6.94. The van der Waals surface area contributed by atoms with Crippen LogP contribution < -0.4 is 5.32 Å². The normalized spacial score (nSPS) is 12.0. The molecule has 1 aromatic carbocycles. The maximum Gasteiger partial charge on any atom is 0.253 e. The number of nitrogens with one attached hydrogen (secondary N) is 1. The van der Waals surface area contributed by atoms with E-state index in [-0.39, 0.29) is 17.8 Å². The van der Waals surface area contributed by atoms with Gasteiger partial charge in [-0.1, -0.05) is 12.1 Å². The Labute approximate surface area is 125 Å². The zero-order valence-electron chi connectivity index (χ0n) is 11.2. The van der Waals surface area contributed by atoms with Crippen LogP contribution in [0.2, 0.25) is 0 Å². The predicted octanol–water partition coefficient (Wildman–Crippen LogP) is 3.78. The number of pyridine rings is 1. The number of halogens is 2. The molecule has 1 heterocycles. The zero-order valence-corrected chi connectivity index (χ0v) is 12.7. The second kappa shape index (κ2) is 6.13. The number of hydrogen-bond acceptors (Lipinski definition) is 2. The van der Waals surface area contributed by atoms with Crippen molar-refractivity contribution >= 4 is 21.8 Å². The van der Waals surface area contributed by atoms with E-state index in [1.807, 2.05) is 13.0 Å². The Morgan fingerprint density at radius 1 is 1.35 bits per heavy atom. The molecule has 1 amide bonds. The maximum absolute atomic E-state index is 13.5. The first-order chi connectivity index (χ1) is 9.47. The Morgan fingerprint density at radius 3 is 2.75 bits per heavy atom. The fraction of sp³-hybridized carbons (Fsp3) is 0.200. The molecule has 1 atom stereocenters. The van der Waals surface area contributed by atoms with Gasteiger partial charge in [-0.05, 0) is 53.0 Å². The van der Waals surface area contributed by atoms with Gasteiger partial charge in [-0.2, -0.15) is 0 Å². The van der Waals surface area contributed by atoms with E-state index in [0.29, 0.717) is 11.1 Å². The van der Waals surface area contributed by atoms with Crippen molar-refractivity contribution in [3.05, 3.63) is 63.6 Å². The van der Waals surface area contributed by atoms with Gasteiger partial charge in [0.05, 0.1) is 11.6 Å². The highest BCUT2D eigenvalue weighted by atomic mass is 79.9. The number of rotatable bonds is 3. The molecule has 1 aromatic heterocycles. The molecule has 0 aliphatic carbocycles. The summed E-state index contributed by atoms with van der Waals surface area (Å²) in [6, 6.07) is 6.36. The van der Waals surface area contributed by atoms with Gasteiger partial charge in [0.25, 0.3) is 5.91 Å². The lowest BCUT2D eigenvalue weighted by molar-refractivity contribution is 0.0939. The van der Waals surface area contributed by atoms with Gasteiger partial charge >= 0.3 is 0 Å². The van der Waals surface area contributed by atoms with Gasteiger partial charge in [0.1, 0.15) is 5.82 Å². The molecular formula is C15H14BrFN2O. The summed E-state index contributed by atoms with van der Waals surface area (Å²) in [5.41, 5.74) is 1.77. The van der Waals surface area contributed by atoms with Crippen LogP contribution in [0.15, 0.2) is 41.1 Å². The summed E-state index contributed by atoms with van der Waals surface area (Å²) in [7, 11) is 0. The summed E-state index contributed by atoms with van der Waals surface area (Å²) in [6.07, 6.45) is 3.10. The van der Waals surface area contributed by atoms with Gasteiger partial charge in [0.15, 0.2) is 0 Å². The van der Waals surface area contributed by atoms with Crippen molar-refractivity contribution in [3.8, 4) is 0 Å². The molecule has 0 radical (unpaired) electrons. The fourth-order valence-electron chi connectivity index (χ4n) is 1.78. The topological polar surface area (TPSA) is 42.0 Å². The van der Waals surface area contributed by atoms with Crippen LogP contribution in [-0.4, -0.2) is 10.9 Å². The number of amides is 1. The lowest BCUT2D eigenvalue weighted by atomic mass is 10.1. The van der Waals surface area contributed by atoms with Crippen LogP contribution in [0.25, 0.3) is 0 Å². The molecule has 20 heavy (non-hydrogen) atoms. The van der Waals surface area contributed by atoms with Crippen LogP contribution in [0.3, 0.4) is 0 Å². The zero-order chi connectivity index (χ0) is 14.7. The van der Waals surface area contributed by atoms with E-state index in [0.717, 1.165) is 10.0 Å². The summed E-state index contributed by atoms with van der Waals surface area (Å²) in [6.45, 7) is 3.52. The molecule has 5 heteroatoms. The average molecular weight is 337 g/mol. The highest BCUT2D eigenvalue weighted by Gasteiger charge is 2.13. The maximum atomic E-state index is 13.5. The van der Waals surface area contributed by atoms with E-state index in [9.17, 15) is 9.18 Å². The van der Waals surface area contributed by atoms with Crippen LogP contribution >= 0.6 is 15.9 Å². The molecule has 0 fully saturated rings. The number of hydrogen-bond donors (Lipinski definition) is 1. The Bertz CT molecular complexity index is 646. The number of carbonyl (C=O) groups excluding carboxylic acids is 1. The molecule has 2 rings (SSSR count). The van der Waals surface area contributed by atoms with Crippen molar-refractivity contribution < 1.29 is 9.18 Å². The minimum Gasteiger partial charge on any atom is -0.345 e. The van der Waals surface area contributed by atoms with E-state index >= 15 is 0 Å². The molecule has 104 valence electrons. The van der Waals surface area contributed by atoms with Gasteiger partial charge in [0.2, 0.25) is 0 Å². The van der Waals surface area contributed by atoms with Gasteiger partial charge in [-0.15, -0.1) is 0 Å². The minimum atomic E-state index is -0.281. The van der Waals surface area contributed by atoms with Gasteiger partial charge in [-0.25, -0.2) is 4.39 Å². The molecule has 2 aromatic rings. The minimum absolute atomic E-state index is 0.243. The van der Waals surface area contributed by atoms with Crippen LogP contribution in [0.4, 0.5) is 4.39 Å². The highest BCUT2D eigenvalue weighted by molar-refractivity contribution is 9.10. The quantitative estimate of drug-likeness (QED) is 0.926. The third-order valence-electron chi connectivity index (χ3n) is 3.01. The molecule has 0 saturated carbocycles. The Morgan fingerprint density at radius 2 is 2.10 bits per heavy atom. The van der Waals surface area contributed by atoms with Crippen LogP contribution in [0.1, 0.15) is 34.5 Å². The second-order valence-corrected chi connectivity index (χ2v) is 5.51. The number of aryl methyl sites for hydroxylation is 1. The summed E-state index contributed by atoms with van der Waals surface area (Å²) in [5.74, 6) is -0.514. The van der Waals surface area contributed by atoms with Crippen molar-refractivity contribution in [2.45, 2.75) is 19.9 Å². The van der Waals surface area contributed by atoms with E-state index in [2.05, 4.69) is 26.2 Å². The molecule has 0 spiro atoms. The second-order valence-electron chi connectivity index (χ2n) is 4.60. The molecular weight excluding hydrogens is 323 g/mol.